The summed E-state index contributed by atoms with van der Waals surface area (Å²) in [7, 11) is 0. The molecule has 164 valence electrons. The minimum Gasteiger partial charge on any atom is -0.427 e. The third-order valence-electron chi connectivity index (χ3n) is 7.17. The van der Waals surface area contributed by atoms with Crippen LogP contribution in [-0.4, -0.2) is 29.2 Å². The molecule has 1 unspecified atom stereocenters. The van der Waals surface area contributed by atoms with Crippen molar-refractivity contribution in [2.24, 2.45) is 4.99 Å². The van der Waals surface area contributed by atoms with Crippen molar-refractivity contribution in [2.75, 3.05) is 6.54 Å². The van der Waals surface area contributed by atoms with E-state index in [0.717, 1.165) is 46.5 Å². The summed E-state index contributed by atoms with van der Waals surface area (Å²) < 4.78 is 5.79. The van der Waals surface area contributed by atoms with Crippen LogP contribution in [0.4, 0.5) is 10.5 Å². The van der Waals surface area contributed by atoms with Gasteiger partial charge in [-0.1, -0.05) is 66.7 Å². The first-order valence-corrected chi connectivity index (χ1v) is 11.5. The summed E-state index contributed by atoms with van der Waals surface area (Å²) in [5.41, 5.74) is 4.47. The van der Waals surface area contributed by atoms with Crippen LogP contribution in [0.2, 0.25) is 0 Å². The highest BCUT2D eigenvalue weighted by atomic mass is 16.6. The third kappa shape index (κ3) is 2.95. The van der Waals surface area contributed by atoms with Crippen molar-refractivity contribution >= 4 is 23.4 Å². The molecule has 33 heavy (non-hydrogen) atoms. The predicted molar refractivity (Wildman–Crippen MR) is 126 cm³/mol. The number of nitrogens with zero attached hydrogens (tertiary/aromatic N) is 2. The lowest BCUT2D eigenvalue weighted by Crippen LogP contribution is -2.37. The standard InChI is InChI=1S/C28H24N2O3/c1-2-30-25(31)28(33-26(30)32)18-27(15-16-27)23-17-21(13-14-22(23)28)29-24(19-9-5-3-6-10-19)20-11-7-4-8-12-20/h3-14,17H,2,15-16,18H2,1H3. The highest BCUT2D eigenvalue weighted by molar-refractivity contribution is 6.14. The highest BCUT2D eigenvalue weighted by Crippen LogP contribution is 2.64. The highest BCUT2D eigenvalue weighted by Gasteiger charge is 2.67. The fourth-order valence-corrected chi connectivity index (χ4v) is 5.38. The van der Waals surface area contributed by atoms with Crippen molar-refractivity contribution < 1.29 is 14.3 Å². The molecule has 0 radical (unpaired) electrons. The number of fused-ring (bicyclic) bond motifs is 3. The van der Waals surface area contributed by atoms with E-state index in [0.29, 0.717) is 13.0 Å². The van der Waals surface area contributed by atoms with Crippen LogP contribution in [-0.2, 0) is 20.5 Å². The molecule has 1 atom stereocenters. The number of benzene rings is 3. The normalized spacial score (nSPS) is 21.9. The molecule has 2 amide bonds. The average Bonchev–Trinajstić information content (AvgIpc) is 3.51. The van der Waals surface area contributed by atoms with Gasteiger partial charge in [-0.2, -0.15) is 0 Å². The van der Waals surface area contributed by atoms with E-state index in [4.69, 9.17) is 9.73 Å². The first-order chi connectivity index (χ1) is 16.1. The molecule has 0 aromatic heterocycles. The summed E-state index contributed by atoms with van der Waals surface area (Å²) >= 11 is 0. The van der Waals surface area contributed by atoms with E-state index in [2.05, 4.69) is 30.3 Å². The fraction of sp³-hybridized carbons (Fsp3) is 0.250. The Morgan fingerprint density at radius 3 is 2.09 bits per heavy atom. The number of carbonyl (C=O) groups is 2. The van der Waals surface area contributed by atoms with Crippen LogP contribution < -0.4 is 0 Å². The van der Waals surface area contributed by atoms with Gasteiger partial charge in [0.1, 0.15) is 0 Å². The fourth-order valence-electron chi connectivity index (χ4n) is 5.38. The Balaban J connectivity index is 1.47. The molecule has 1 heterocycles. The van der Waals surface area contributed by atoms with Crippen LogP contribution in [0.15, 0.2) is 83.9 Å². The van der Waals surface area contributed by atoms with E-state index in [1.807, 2.05) is 48.5 Å². The summed E-state index contributed by atoms with van der Waals surface area (Å²) in [6.07, 6.45) is 1.99. The molecule has 5 nitrogen and oxygen atoms in total. The minimum absolute atomic E-state index is 0.0970. The van der Waals surface area contributed by atoms with Gasteiger partial charge in [0.15, 0.2) is 0 Å². The van der Waals surface area contributed by atoms with Gasteiger partial charge in [-0.05, 0) is 37.5 Å². The maximum atomic E-state index is 13.2. The lowest BCUT2D eigenvalue weighted by molar-refractivity contribution is -0.137. The third-order valence-corrected chi connectivity index (χ3v) is 7.17. The van der Waals surface area contributed by atoms with E-state index in [-0.39, 0.29) is 11.3 Å². The largest absolute Gasteiger partial charge is 0.427 e. The van der Waals surface area contributed by atoms with E-state index >= 15 is 0 Å². The predicted octanol–water partition coefficient (Wildman–Crippen LogP) is 5.49. The molecule has 0 bridgehead atoms. The second-order valence-electron chi connectivity index (χ2n) is 9.12. The molecule has 0 N–H and O–H groups in total. The van der Waals surface area contributed by atoms with Gasteiger partial charge in [0.2, 0.25) is 5.60 Å². The van der Waals surface area contributed by atoms with Crippen LogP contribution in [0.25, 0.3) is 0 Å². The molecule has 2 aliphatic carbocycles. The Morgan fingerprint density at radius 1 is 0.909 bits per heavy atom. The number of aliphatic imine (C=N–C) groups is 1. The lowest BCUT2D eigenvalue weighted by Gasteiger charge is -2.20. The molecule has 3 aromatic carbocycles. The van der Waals surface area contributed by atoms with Crippen molar-refractivity contribution in [3.05, 3.63) is 101 Å². The Morgan fingerprint density at radius 2 is 1.55 bits per heavy atom. The van der Waals surface area contributed by atoms with Gasteiger partial charge in [-0.25, -0.2) is 14.7 Å². The van der Waals surface area contributed by atoms with Gasteiger partial charge in [0, 0.05) is 35.1 Å². The quantitative estimate of drug-likeness (QED) is 0.509. The molecule has 2 spiro atoms. The molecule has 3 aliphatic rings. The maximum Gasteiger partial charge on any atom is 0.418 e. The number of imide groups is 1. The minimum atomic E-state index is -1.18. The van der Waals surface area contributed by atoms with Crippen molar-refractivity contribution in [3.8, 4) is 0 Å². The van der Waals surface area contributed by atoms with Gasteiger partial charge in [-0.3, -0.25) is 4.79 Å². The molecule has 6 rings (SSSR count). The zero-order valence-corrected chi connectivity index (χ0v) is 18.5. The molecular weight excluding hydrogens is 412 g/mol. The Bertz CT molecular complexity index is 1250. The van der Waals surface area contributed by atoms with Crippen molar-refractivity contribution in [2.45, 2.75) is 37.2 Å². The van der Waals surface area contributed by atoms with Crippen molar-refractivity contribution in [1.29, 1.82) is 0 Å². The number of ether oxygens (including phenoxy) is 1. The number of carbonyl (C=O) groups excluding carboxylic acids is 2. The topological polar surface area (TPSA) is 59.0 Å². The number of hydrogen-bond acceptors (Lipinski definition) is 4. The zero-order chi connectivity index (χ0) is 22.6. The average molecular weight is 437 g/mol. The summed E-state index contributed by atoms with van der Waals surface area (Å²) in [6.45, 7) is 2.12. The summed E-state index contributed by atoms with van der Waals surface area (Å²) in [6, 6.07) is 26.3. The number of hydrogen-bond donors (Lipinski definition) is 0. The Hall–Kier alpha value is -3.73. The smallest absolute Gasteiger partial charge is 0.418 e. The van der Waals surface area contributed by atoms with Gasteiger partial charge in [0.05, 0.1) is 11.4 Å². The van der Waals surface area contributed by atoms with E-state index in [9.17, 15) is 9.59 Å². The summed E-state index contributed by atoms with van der Waals surface area (Å²) in [5, 5.41) is 0. The van der Waals surface area contributed by atoms with Crippen LogP contribution in [0.1, 0.15) is 48.4 Å². The second kappa shape index (κ2) is 7.14. The van der Waals surface area contributed by atoms with E-state index < -0.39 is 11.7 Å². The molecule has 5 heteroatoms. The second-order valence-corrected chi connectivity index (χ2v) is 9.12. The Kier molecular flexibility index (Phi) is 4.31. The lowest BCUT2D eigenvalue weighted by atomic mass is 9.94. The van der Waals surface area contributed by atoms with E-state index in [1.165, 1.54) is 4.90 Å². The first kappa shape index (κ1) is 19.9. The molecule has 1 aliphatic heterocycles. The summed E-state index contributed by atoms with van der Waals surface area (Å²) in [4.78, 5) is 31.9. The monoisotopic (exact) mass is 436 g/mol. The van der Waals surface area contributed by atoms with Gasteiger partial charge in [-0.15, -0.1) is 0 Å². The number of amides is 2. The number of likely N-dealkylation sites (N-methyl/N-ethyl adjacent to an activating group) is 1. The van der Waals surface area contributed by atoms with Crippen LogP contribution in [0.5, 0.6) is 0 Å². The summed E-state index contributed by atoms with van der Waals surface area (Å²) in [5.74, 6) is -0.231. The van der Waals surface area contributed by atoms with Gasteiger partial charge < -0.3 is 4.74 Å². The molecule has 1 saturated carbocycles. The van der Waals surface area contributed by atoms with Crippen LogP contribution in [0.3, 0.4) is 0 Å². The molecular formula is C28H24N2O3. The molecule has 3 aromatic rings. The van der Waals surface area contributed by atoms with Crippen LogP contribution in [0, 0.1) is 0 Å². The SMILES string of the molecule is CCN1C(=O)OC2(CC3(CC3)c3cc(N=C(c4ccccc4)c4ccccc4)ccc32)C1=O. The number of rotatable bonds is 4. The van der Waals surface area contributed by atoms with Crippen molar-refractivity contribution in [1.82, 2.24) is 4.90 Å². The first-order valence-electron chi connectivity index (χ1n) is 11.5. The van der Waals surface area contributed by atoms with Gasteiger partial charge >= 0.3 is 6.09 Å². The zero-order valence-electron chi connectivity index (χ0n) is 18.5. The maximum absolute atomic E-state index is 13.2. The Labute approximate surface area is 192 Å². The molecule has 2 fully saturated rings. The van der Waals surface area contributed by atoms with Crippen LogP contribution >= 0.6 is 0 Å². The van der Waals surface area contributed by atoms with E-state index in [1.54, 1.807) is 6.92 Å². The van der Waals surface area contributed by atoms with Gasteiger partial charge in [0.25, 0.3) is 5.91 Å². The van der Waals surface area contributed by atoms with Crippen molar-refractivity contribution in [3.63, 3.8) is 0 Å². The molecule has 1 saturated heterocycles.